The van der Waals surface area contributed by atoms with Crippen LogP contribution in [0.25, 0.3) is 0 Å². The number of carboxylic acids is 2. The van der Waals surface area contributed by atoms with Crippen molar-refractivity contribution in [2.45, 2.75) is 97.3 Å². The van der Waals surface area contributed by atoms with E-state index < -0.39 is 23.8 Å². The zero-order valence-electron chi connectivity index (χ0n) is 15.1. The summed E-state index contributed by atoms with van der Waals surface area (Å²) in [7, 11) is 0. The standard InChI is InChI=1S/C19H36O4/c1-3-4-5-6-7-8-9-10-11-12-13-14-15-17(19(22)23)16(2)18(20)21/h16-17H,3-15H2,1-2H3,(H,20,21)(H,22,23)/t16-,17-/m0/s1. The molecule has 0 amide bonds. The third-order valence-corrected chi connectivity index (χ3v) is 4.68. The van der Waals surface area contributed by atoms with E-state index in [4.69, 9.17) is 10.2 Å². The average molecular weight is 328 g/mol. The average Bonchev–Trinajstić information content (AvgIpc) is 2.51. The van der Waals surface area contributed by atoms with Crippen molar-refractivity contribution in [3.63, 3.8) is 0 Å². The molecule has 2 N–H and O–H groups in total. The predicted molar refractivity (Wildman–Crippen MR) is 93.6 cm³/mol. The minimum absolute atomic E-state index is 0.472. The lowest BCUT2D eigenvalue weighted by Gasteiger charge is -2.16. The van der Waals surface area contributed by atoms with Crippen molar-refractivity contribution in [1.29, 1.82) is 0 Å². The fourth-order valence-corrected chi connectivity index (χ4v) is 2.96. The number of hydrogen-bond donors (Lipinski definition) is 2. The Bertz CT molecular complexity index is 314. The van der Waals surface area contributed by atoms with Crippen molar-refractivity contribution in [2.24, 2.45) is 11.8 Å². The Labute approximate surface area is 141 Å². The van der Waals surface area contributed by atoms with Crippen molar-refractivity contribution in [1.82, 2.24) is 0 Å². The third kappa shape index (κ3) is 12.1. The molecule has 0 aliphatic carbocycles. The molecule has 0 fully saturated rings. The summed E-state index contributed by atoms with van der Waals surface area (Å²) in [6.45, 7) is 3.72. The Morgan fingerprint density at radius 1 is 0.696 bits per heavy atom. The van der Waals surface area contributed by atoms with Crippen LogP contribution in [-0.4, -0.2) is 22.2 Å². The van der Waals surface area contributed by atoms with Gasteiger partial charge in [0.25, 0.3) is 0 Å². The molecule has 4 nitrogen and oxygen atoms in total. The molecule has 4 heteroatoms. The predicted octanol–water partition coefficient (Wildman–Crippen LogP) is 5.50. The van der Waals surface area contributed by atoms with E-state index in [2.05, 4.69) is 6.92 Å². The van der Waals surface area contributed by atoms with Crippen LogP contribution in [0.2, 0.25) is 0 Å². The number of hydrogen-bond acceptors (Lipinski definition) is 2. The first-order valence-electron chi connectivity index (χ1n) is 9.46. The van der Waals surface area contributed by atoms with Crippen LogP contribution in [0.1, 0.15) is 97.3 Å². The second-order valence-electron chi connectivity index (χ2n) is 6.75. The van der Waals surface area contributed by atoms with Crippen molar-refractivity contribution in [2.75, 3.05) is 0 Å². The number of aliphatic carboxylic acids is 2. The maximum atomic E-state index is 11.1. The molecule has 0 aliphatic heterocycles. The smallest absolute Gasteiger partial charge is 0.307 e. The molecule has 0 spiro atoms. The van der Waals surface area contributed by atoms with Crippen LogP contribution < -0.4 is 0 Å². The number of carboxylic acid groups (broad SMARTS) is 2. The number of rotatable bonds is 16. The van der Waals surface area contributed by atoms with Crippen LogP contribution in [0.5, 0.6) is 0 Å². The molecule has 0 rings (SSSR count). The molecular formula is C19H36O4. The Morgan fingerprint density at radius 2 is 1.09 bits per heavy atom. The van der Waals surface area contributed by atoms with Crippen LogP contribution in [0, 0.1) is 11.8 Å². The van der Waals surface area contributed by atoms with E-state index in [1.165, 1.54) is 64.7 Å². The molecule has 0 bridgehead atoms. The van der Waals surface area contributed by atoms with Gasteiger partial charge >= 0.3 is 11.9 Å². The van der Waals surface area contributed by atoms with Gasteiger partial charge in [0.2, 0.25) is 0 Å². The van der Waals surface area contributed by atoms with Gasteiger partial charge in [-0.1, -0.05) is 90.9 Å². The second kappa shape index (κ2) is 14.5. The Hall–Kier alpha value is -1.06. The highest BCUT2D eigenvalue weighted by Crippen LogP contribution is 2.21. The topological polar surface area (TPSA) is 74.6 Å². The highest BCUT2D eigenvalue weighted by molar-refractivity contribution is 5.79. The molecule has 0 aromatic rings. The summed E-state index contributed by atoms with van der Waals surface area (Å²) in [6, 6.07) is 0. The van der Waals surface area contributed by atoms with Crippen LogP contribution in [0.3, 0.4) is 0 Å². The Kier molecular flexibility index (Phi) is 13.9. The zero-order valence-corrected chi connectivity index (χ0v) is 15.1. The summed E-state index contributed by atoms with van der Waals surface area (Å²) in [4.78, 5) is 22.0. The first kappa shape index (κ1) is 21.9. The van der Waals surface area contributed by atoms with Crippen LogP contribution >= 0.6 is 0 Å². The Morgan fingerprint density at radius 3 is 1.43 bits per heavy atom. The van der Waals surface area contributed by atoms with Crippen molar-refractivity contribution < 1.29 is 19.8 Å². The van der Waals surface area contributed by atoms with Crippen molar-refractivity contribution >= 4 is 11.9 Å². The highest BCUT2D eigenvalue weighted by Gasteiger charge is 2.29. The maximum Gasteiger partial charge on any atom is 0.307 e. The van der Waals surface area contributed by atoms with E-state index in [9.17, 15) is 9.59 Å². The maximum absolute atomic E-state index is 11.1. The van der Waals surface area contributed by atoms with E-state index >= 15 is 0 Å². The molecular weight excluding hydrogens is 292 g/mol. The van der Waals surface area contributed by atoms with E-state index in [0.717, 1.165) is 19.3 Å². The fraction of sp³-hybridized carbons (Fsp3) is 0.895. The summed E-state index contributed by atoms with van der Waals surface area (Å²) in [5, 5.41) is 18.0. The number of unbranched alkanes of at least 4 members (excludes halogenated alkanes) is 11. The van der Waals surface area contributed by atoms with Gasteiger partial charge in [-0.25, -0.2) is 0 Å². The normalized spacial score (nSPS) is 13.7. The highest BCUT2D eigenvalue weighted by atomic mass is 16.4. The fourth-order valence-electron chi connectivity index (χ4n) is 2.96. The lowest BCUT2D eigenvalue weighted by atomic mass is 9.89. The van der Waals surface area contributed by atoms with Crippen LogP contribution in [-0.2, 0) is 9.59 Å². The van der Waals surface area contributed by atoms with Gasteiger partial charge in [0.1, 0.15) is 0 Å². The quantitative estimate of drug-likeness (QED) is 0.367. The molecule has 0 aromatic heterocycles. The molecule has 0 saturated carbocycles. The van der Waals surface area contributed by atoms with Gasteiger partial charge in [0.15, 0.2) is 0 Å². The Balaban J connectivity index is 3.50. The SMILES string of the molecule is CCCCCCCCCCCCCC[C@H](C(=O)O)[C@H](C)C(=O)O. The molecule has 0 aromatic carbocycles. The zero-order chi connectivity index (χ0) is 17.5. The summed E-state index contributed by atoms with van der Waals surface area (Å²) < 4.78 is 0. The van der Waals surface area contributed by atoms with Gasteiger partial charge in [-0.3, -0.25) is 9.59 Å². The molecule has 0 heterocycles. The first-order chi connectivity index (χ1) is 11.0. The van der Waals surface area contributed by atoms with Crippen molar-refractivity contribution in [3.8, 4) is 0 Å². The van der Waals surface area contributed by atoms with Gasteiger partial charge in [-0.15, -0.1) is 0 Å². The molecule has 0 aliphatic rings. The molecule has 0 radical (unpaired) electrons. The third-order valence-electron chi connectivity index (χ3n) is 4.68. The number of carbonyl (C=O) groups is 2. The second-order valence-corrected chi connectivity index (χ2v) is 6.75. The lowest BCUT2D eigenvalue weighted by Crippen LogP contribution is -2.27. The largest absolute Gasteiger partial charge is 0.481 e. The lowest BCUT2D eigenvalue weighted by molar-refractivity contribution is -0.153. The summed E-state index contributed by atoms with van der Waals surface area (Å²) in [5.74, 6) is -3.56. The van der Waals surface area contributed by atoms with Gasteiger partial charge in [-0.2, -0.15) is 0 Å². The molecule has 136 valence electrons. The van der Waals surface area contributed by atoms with Crippen LogP contribution in [0.4, 0.5) is 0 Å². The van der Waals surface area contributed by atoms with Gasteiger partial charge in [0, 0.05) is 0 Å². The minimum Gasteiger partial charge on any atom is -0.481 e. The summed E-state index contributed by atoms with van der Waals surface area (Å²) in [5.41, 5.74) is 0. The summed E-state index contributed by atoms with van der Waals surface area (Å²) in [6.07, 6.45) is 15.3. The van der Waals surface area contributed by atoms with Gasteiger partial charge < -0.3 is 10.2 Å². The van der Waals surface area contributed by atoms with E-state index in [-0.39, 0.29) is 0 Å². The molecule has 0 unspecified atom stereocenters. The monoisotopic (exact) mass is 328 g/mol. The first-order valence-corrected chi connectivity index (χ1v) is 9.46. The van der Waals surface area contributed by atoms with Gasteiger partial charge in [0.05, 0.1) is 11.8 Å². The van der Waals surface area contributed by atoms with E-state index in [1.54, 1.807) is 0 Å². The minimum atomic E-state index is -1.02. The summed E-state index contributed by atoms with van der Waals surface area (Å²) >= 11 is 0. The van der Waals surface area contributed by atoms with Crippen LogP contribution in [0.15, 0.2) is 0 Å². The van der Waals surface area contributed by atoms with Crippen molar-refractivity contribution in [3.05, 3.63) is 0 Å². The van der Waals surface area contributed by atoms with E-state index in [0.29, 0.717) is 6.42 Å². The molecule has 2 atom stereocenters. The molecule has 23 heavy (non-hydrogen) atoms. The molecule has 0 saturated heterocycles. The van der Waals surface area contributed by atoms with E-state index in [1.807, 2.05) is 0 Å². The van der Waals surface area contributed by atoms with Gasteiger partial charge in [-0.05, 0) is 6.42 Å².